The van der Waals surface area contributed by atoms with Gasteiger partial charge in [-0.25, -0.2) is 0 Å². The predicted molar refractivity (Wildman–Crippen MR) is 60.8 cm³/mol. The van der Waals surface area contributed by atoms with Crippen LogP contribution in [-0.4, -0.2) is 5.78 Å². The highest BCUT2D eigenvalue weighted by Gasteiger charge is 2.14. The molecule has 0 saturated carbocycles. The number of carbonyl (C=O) groups excluding carboxylic acids is 1. The van der Waals surface area contributed by atoms with Gasteiger partial charge < -0.3 is 0 Å². The van der Waals surface area contributed by atoms with Crippen LogP contribution in [-0.2, 0) is 4.79 Å². The summed E-state index contributed by atoms with van der Waals surface area (Å²) in [5.41, 5.74) is 2.08. The molecule has 0 heterocycles. The van der Waals surface area contributed by atoms with Crippen molar-refractivity contribution in [3.63, 3.8) is 0 Å². The zero-order valence-electron chi connectivity index (χ0n) is 7.54. The van der Waals surface area contributed by atoms with Gasteiger partial charge in [0.05, 0.1) is 4.83 Å². The fraction of sp³-hybridized carbons (Fsp3) is 0.300. The van der Waals surface area contributed by atoms with E-state index in [0.29, 0.717) is 0 Å². The Hall–Kier alpha value is -0.280. The van der Waals surface area contributed by atoms with E-state index in [-0.39, 0.29) is 10.6 Å². The van der Waals surface area contributed by atoms with Crippen molar-refractivity contribution in [1.82, 2.24) is 0 Å². The van der Waals surface area contributed by atoms with E-state index in [1.807, 2.05) is 25.1 Å². The van der Waals surface area contributed by atoms with Crippen molar-refractivity contribution in [2.75, 3.05) is 0 Å². The van der Waals surface area contributed by atoms with Gasteiger partial charge in [-0.3, -0.25) is 4.79 Å². The van der Waals surface area contributed by atoms with Gasteiger partial charge in [0, 0.05) is 4.90 Å². The Labute approximate surface area is 92.1 Å². The maximum atomic E-state index is 11.1. The van der Waals surface area contributed by atoms with Crippen LogP contribution in [0.1, 0.15) is 22.9 Å². The largest absolute Gasteiger partial charge is 0.298 e. The molecule has 0 fully saturated rings. The van der Waals surface area contributed by atoms with E-state index in [0.717, 1.165) is 16.0 Å². The number of aryl methyl sites for hydroxylation is 1. The van der Waals surface area contributed by atoms with Crippen LogP contribution in [0.15, 0.2) is 23.1 Å². The Morgan fingerprint density at radius 1 is 1.54 bits per heavy atom. The lowest BCUT2D eigenvalue weighted by Crippen LogP contribution is -2.01. The minimum atomic E-state index is -0.236. The highest BCUT2D eigenvalue weighted by atomic mass is 79.9. The van der Waals surface area contributed by atoms with Crippen LogP contribution in [0.4, 0.5) is 0 Å². The molecular weight excluding hydrogens is 248 g/mol. The van der Waals surface area contributed by atoms with Gasteiger partial charge in [0.15, 0.2) is 0 Å². The summed E-state index contributed by atoms with van der Waals surface area (Å²) in [5, 5.41) is 0. The number of carbonyl (C=O) groups is 1. The lowest BCUT2D eigenvalue weighted by molar-refractivity contribution is -0.116. The van der Waals surface area contributed by atoms with Crippen LogP contribution in [0.25, 0.3) is 0 Å². The molecule has 13 heavy (non-hydrogen) atoms. The number of Topliss-reactive ketones (excluding diaryl/α,β-unsaturated/α-hetero) is 1. The van der Waals surface area contributed by atoms with E-state index >= 15 is 0 Å². The summed E-state index contributed by atoms with van der Waals surface area (Å²) in [6.07, 6.45) is 0. The quantitative estimate of drug-likeness (QED) is 0.637. The number of rotatable bonds is 2. The van der Waals surface area contributed by atoms with Crippen LogP contribution >= 0.6 is 28.6 Å². The minimum absolute atomic E-state index is 0.0964. The molecule has 0 aromatic heterocycles. The molecule has 1 rings (SSSR count). The summed E-state index contributed by atoms with van der Waals surface area (Å²) >= 11 is 7.65. The van der Waals surface area contributed by atoms with Crippen LogP contribution in [0.3, 0.4) is 0 Å². The van der Waals surface area contributed by atoms with Gasteiger partial charge in [-0.2, -0.15) is 0 Å². The summed E-state index contributed by atoms with van der Waals surface area (Å²) in [7, 11) is 0. The first-order valence-electron chi connectivity index (χ1n) is 3.96. The van der Waals surface area contributed by atoms with Crippen LogP contribution in [0, 0.1) is 6.92 Å². The molecule has 70 valence electrons. The molecule has 0 N–H and O–H groups in total. The molecule has 0 bridgehead atoms. The monoisotopic (exact) mass is 258 g/mol. The number of thiol groups is 1. The van der Waals surface area contributed by atoms with E-state index < -0.39 is 0 Å². The lowest BCUT2D eigenvalue weighted by atomic mass is 10.1. The molecular formula is C10H11BrOS. The van der Waals surface area contributed by atoms with Gasteiger partial charge >= 0.3 is 0 Å². The maximum Gasteiger partial charge on any atom is 0.147 e. The van der Waals surface area contributed by atoms with Crippen LogP contribution in [0.2, 0.25) is 0 Å². The first-order valence-corrected chi connectivity index (χ1v) is 5.32. The SMILES string of the molecule is CC(=O)C(Br)c1ccc(C)cc1S. The zero-order chi connectivity index (χ0) is 10.0. The summed E-state index contributed by atoms with van der Waals surface area (Å²) < 4.78 is 0. The Morgan fingerprint density at radius 3 is 2.62 bits per heavy atom. The molecule has 0 spiro atoms. The van der Waals surface area contributed by atoms with Crippen LogP contribution < -0.4 is 0 Å². The van der Waals surface area contributed by atoms with Gasteiger partial charge in [-0.15, -0.1) is 12.6 Å². The molecule has 0 radical (unpaired) electrons. The Morgan fingerprint density at radius 2 is 2.15 bits per heavy atom. The Balaban J connectivity index is 3.08. The predicted octanol–water partition coefficient (Wildman–Crippen LogP) is 3.31. The normalized spacial score (nSPS) is 12.6. The van der Waals surface area contributed by atoms with Gasteiger partial charge in [-0.1, -0.05) is 33.6 Å². The second-order valence-electron chi connectivity index (χ2n) is 3.04. The average molecular weight is 259 g/mol. The molecule has 0 aliphatic heterocycles. The highest BCUT2D eigenvalue weighted by molar-refractivity contribution is 9.09. The molecule has 1 atom stereocenters. The first kappa shape index (κ1) is 10.8. The number of benzene rings is 1. The zero-order valence-corrected chi connectivity index (χ0v) is 10.0. The molecule has 1 unspecified atom stereocenters. The van der Waals surface area contributed by atoms with E-state index in [4.69, 9.17) is 0 Å². The van der Waals surface area contributed by atoms with Crippen molar-refractivity contribution in [2.24, 2.45) is 0 Å². The molecule has 3 heteroatoms. The van der Waals surface area contributed by atoms with Crippen molar-refractivity contribution in [1.29, 1.82) is 0 Å². The molecule has 0 aliphatic carbocycles. The maximum absolute atomic E-state index is 11.1. The topological polar surface area (TPSA) is 17.1 Å². The smallest absolute Gasteiger partial charge is 0.147 e. The number of halogens is 1. The van der Waals surface area contributed by atoms with Crippen LogP contribution in [0.5, 0.6) is 0 Å². The van der Waals surface area contributed by atoms with E-state index in [9.17, 15) is 4.79 Å². The van der Waals surface area contributed by atoms with Crippen molar-refractivity contribution in [3.05, 3.63) is 29.3 Å². The summed E-state index contributed by atoms with van der Waals surface area (Å²) in [6, 6.07) is 5.86. The minimum Gasteiger partial charge on any atom is -0.298 e. The van der Waals surface area contributed by atoms with Crippen molar-refractivity contribution < 1.29 is 4.79 Å². The number of hydrogen-bond donors (Lipinski definition) is 1. The third-order valence-corrected chi connectivity index (χ3v) is 3.34. The fourth-order valence-electron chi connectivity index (χ4n) is 1.09. The summed E-state index contributed by atoms with van der Waals surface area (Å²) in [5.74, 6) is 0.0964. The Bertz CT molecular complexity index is 336. The highest BCUT2D eigenvalue weighted by Crippen LogP contribution is 2.29. The third-order valence-electron chi connectivity index (χ3n) is 1.82. The van der Waals surface area contributed by atoms with E-state index in [1.54, 1.807) is 6.92 Å². The molecule has 1 nitrogen and oxygen atoms in total. The number of alkyl halides is 1. The molecule has 1 aromatic rings. The van der Waals surface area contributed by atoms with Crippen molar-refractivity contribution in [3.8, 4) is 0 Å². The summed E-state index contributed by atoms with van der Waals surface area (Å²) in [4.78, 5) is 11.7. The van der Waals surface area contributed by atoms with Gasteiger partial charge in [0.25, 0.3) is 0 Å². The van der Waals surface area contributed by atoms with Gasteiger partial charge in [0.2, 0.25) is 0 Å². The standard InChI is InChI=1S/C10H11BrOS/c1-6-3-4-8(9(13)5-6)10(11)7(2)12/h3-5,10,13H,1-2H3. The average Bonchev–Trinajstić information content (AvgIpc) is 2.03. The fourth-order valence-corrected chi connectivity index (χ4v) is 2.07. The molecule has 0 amide bonds. The van der Waals surface area contributed by atoms with E-state index in [1.165, 1.54) is 0 Å². The van der Waals surface area contributed by atoms with Gasteiger partial charge in [-0.05, 0) is 25.5 Å². The lowest BCUT2D eigenvalue weighted by Gasteiger charge is -2.09. The molecule has 0 aliphatic rings. The van der Waals surface area contributed by atoms with Gasteiger partial charge in [0.1, 0.15) is 5.78 Å². The second kappa shape index (κ2) is 4.29. The number of hydrogen-bond acceptors (Lipinski definition) is 2. The first-order chi connectivity index (χ1) is 6.02. The molecule has 0 saturated heterocycles. The van der Waals surface area contributed by atoms with E-state index in [2.05, 4.69) is 28.6 Å². The third kappa shape index (κ3) is 2.58. The van der Waals surface area contributed by atoms with Crippen molar-refractivity contribution >= 4 is 34.3 Å². The summed E-state index contributed by atoms with van der Waals surface area (Å²) in [6.45, 7) is 3.56. The Kier molecular flexibility index (Phi) is 3.56. The number of ketones is 1. The van der Waals surface area contributed by atoms with Crippen molar-refractivity contribution in [2.45, 2.75) is 23.6 Å². The second-order valence-corrected chi connectivity index (χ2v) is 4.43. The molecule has 1 aromatic carbocycles.